The third-order valence-electron chi connectivity index (χ3n) is 7.09. The van der Waals surface area contributed by atoms with Gasteiger partial charge in [-0.05, 0) is 48.9 Å². The van der Waals surface area contributed by atoms with Crippen LogP contribution in [0.3, 0.4) is 0 Å². The van der Waals surface area contributed by atoms with Gasteiger partial charge in [0.15, 0.2) is 11.6 Å². The molecule has 4 heterocycles. The number of alkyl halides is 1. The van der Waals surface area contributed by atoms with Crippen LogP contribution < -0.4 is 25.2 Å². The van der Waals surface area contributed by atoms with E-state index in [1.54, 1.807) is 6.07 Å². The van der Waals surface area contributed by atoms with Crippen LogP contribution in [0.1, 0.15) is 12.0 Å². The standard InChI is InChI=1S/C27H25F2N7O4S2/c28-17-7-10-35(15-17)42(38,39)33-23-4-2-21(29)26(20(23)14-30)40-18-1-3-22-19(13-18)27(37)36(16-32-22)25-6-5-24(41-25)34-11-8-31-9-12-34/h1-6,13,16-17,31,33H,7-12,15H2/t17-/m1/s1. The van der Waals surface area contributed by atoms with Gasteiger partial charge in [-0.25, -0.2) is 13.8 Å². The van der Waals surface area contributed by atoms with E-state index < -0.39 is 33.5 Å². The Balaban J connectivity index is 1.31. The van der Waals surface area contributed by atoms with Crippen LogP contribution in [0.4, 0.5) is 19.5 Å². The van der Waals surface area contributed by atoms with E-state index in [4.69, 9.17) is 4.74 Å². The fourth-order valence-electron chi connectivity index (χ4n) is 4.90. The van der Waals surface area contributed by atoms with Gasteiger partial charge in [-0.3, -0.25) is 14.1 Å². The molecule has 2 aromatic carbocycles. The Labute approximate surface area is 243 Å². The second kappa shape index (κ2) is 11.3. The maximum atomic E-state index is 14.9. The number of aromatic nitrogens is 2. The molecule has 2 aliphatic heterocycles. The first kappa shape index (κ1) is 28.0. The Hall–Kier alpha value is -4.10. The number of anilines is 2. The third kappa shape index (κ3) is 5.41. The summed E-state index contributed by atoms with van der Waals surface area (Å²) in [6.07, 6.45) is 0.226. The van der Waals surface area contributed by atoms with Gasteiger partial charge in [0, 0.05) is 39.3 Å². The van der Waals surface area contributed by atoms with E-state index in [1.807, 2.05) is 12.1 Å². The third-order valence-corrected chi connectivity index (χ3v) is 9.72. The smallest absolute Gasteiger partial charge is 0.301 e. The summed E-state index contributed by atoms with van der Waals surface area (Å²) in [5, 5.41) is 15.0. The van der Waals surface area contributed by atoms with E-state index in [-0.39, 0.29) is 41.9 Å². The molecule has 42 heavy (non-hydrogen) atoms. The summed E-state index contributed by atoms with van der Waals surface area (Å²) in [4.78, 5) is 20.1. The number of nitriles is 1. The number of nitrogens with one attached hydrogen (secondary N) is 2. The zero-order valence-electron chi connectivity index (χ0n) is 22.1. The van der Waals surface area contributed by atoms with E-state index >= 15 is 0 Å². The molecule has 2 aliphatic rings. The highest BCUT2D eigenvalue weighted by atomic mass is 32.2. The van der Waals surface area contributed by atoms with Gasteiger partial charge in [-0.2, -0.15) is 18.0 Å². The molecule has 0 spiro atoms. The van der Waals surface area contributed by atoms with Gasteiger partial charge in [0.1, 0.15) is 34.9 Å². The van der Waals surface area contributed by atoms with Crippen molar-refractivity contribution in [3.63, 3.8) is 0 Å². The zero-order chi connectivity index (χ0) is 29.4. The number of fused-ring (bicyclic) bond motifs is 1. The molecule has 2 saturated heterocycles. The van der Waals surface area contributed by atoms with Gasteiger partial charge in [-0.15, -0.1) is 11.3 Å². The molecular formula is C27H25F2N7O4S2. The predicted molar refractivity (Wildman–Crippen MR) is 155 cm³/mol. The Morgan fingerprint density at radius 3 is 2.64 bits per heavy atom. The van der Waals surface area contributed by atoms with Crippen molar-refractivity contribution in [2.45, 2.75) is 12.6 Å². The molecule has 2 aromatic heterocycles. The number of rotatable bonds is 7. The molecule has 0 aliphatic carbocycles. The van der Waals surface area contributed by atoms with Crippen LogP contribution in [-0.2, 0) is 10.2 Å². The highest BCUT2D eigenvalue weighted by molar-refractivity contribution is 7.90. The van der Waals surface area contributed by atoms with Crippen LogP contribution in [0.5, 0.6) is 11.5 Å². The molecule has 2 fully saturated rings. The first-order chi connectivity index (χ1) is 20.2. The first-order valence-electron chi connectivity index (χ1n) is 13.1. The number of hydrogen-bond acceptors (Lipinski definition) is 9. The van der Waals surface area contributed by atoms with Crippen LogP contribution in [0.25, 0.3) is 15.9 Å². The molecule has 218 valence electrons. The fraction of sp³-hybridized carbons (Fsp3) is 0.296. The summed E-state index contributed by atoms with van der Waals surface area (Å²) in [6, 6.07) is 12.1. The lowest BCUT2D eigenvalue weighted by Crippen LogP contribution is -2.43. The van der Waals surface area contributed by atoms with E-state index in [2.05, 4.69) is 19.9 Å². The maximum Gasteiger partial charge on any atom is 0.301 e. The number of ether oxygens (including phenoxy) is 1. The van der Waals surface area contributed by atoms with Crippen molar-refractivity contribution >= 4 is 43.1 Å². The Bertz CT molecular complexity index is 1870. The minimum Gasteiger partial charge on any atom is -0.453 e. The summed E-state index contributed by atoms with van der Waals surface area (Å²) in [7, 11) is -4.20. The van der Waals surface area contributed by atoms with Gasteiger partial charge in [0.25, 0.3) is 5.56 Å². The number of hydrogen-bond donors (Lipinski definition) is 2. The Morgan fingerprint density at radius 1 is 1.12 bits per heavy atom. The molecule has 6 rings (SSSR count). The molecule has 0 amide bonds. The van der Waals surface area contributed by atoms with Crippen LogP contribution >= 0.6 is 11.3 Å². The van der Waals surface area contributed by atoms with Crippen molar-refractivity contribution in [2.24, 2.45) is 0 Å². The molecule has 2 N–H and O–H groups in total. The molecule has 0 saturated carbocycles. The lowest BCUT2D eigenvalue weighted by atomic mass is 10.1. The molecule has 0 unspecified atom stereocenters. The summed E-state index contributed by atoms with van der Waals surface area (Å²) in [5.74, 6) is -1.39. The summed E-state index contributed by atoms with van der Waals surface area (Å²) in [6.45, 7) is 3.17. The van der Waals surface area contributed by atoms with E-state index in [0.717, 1.165) is 47.6 Å². The number of halogens is 2. The van der Waals surface area contributed by atoms with Gasteiger partial charge in [0.2, 0.25) is 0 Å². The number of piperazine rings is 1. The molecule has 11 nitrogen and oxygen atoms in total. The number of benzene rings is 2. The van der Waals surface area contributed by atoms with Gasteiger partial charge in [-0.1, -0.05) is 0 Å². The largest absolute Gasteiger partial charge is 0.453 e. The van der Waals surface area contributed by atoms with Crippen molar-refractivity contribution in [3.05, 3.63) is 70.5 Å². The predicted octanol–water partition coefficient (Wildman–Crippen LogP) is 3.36. The average Bonchev–Trinajstić information content (AvgIpc) is 3.66. The monoisotopic (exact) mass is 613 g/mol. The minimum absolute atomic E-state index is 0.0197. The number of nitrogens with zero attached hydrogens (tertiary/aromatic N) is 5. The van der Waals surface area contributed by atoms with Crippen molar-refractivity contribution in [2.75, 3.05) is 48.9 Å². The lowest BCUT2D eigenvalue weighted by Gasteiger charge is -2.27. The quantitative estimate of drug-likeness (QED) is 0.324. The fourth-order valence-corrected chi connectivity index (χ4v) is 7.21. The first-order valence-corrected chi connectivity index (χ1v) is 15.4. The molecule has 0 radical (unpaired) electrons. The summed E-state index contributed by atoms with van der Waals surface area (Å²) in [5.41, 5.74) is -0.600. The van der Waals surface area contributed by atoms with E-state index in [9.17, 15) is 27.3 Å². The lowest BCUT2D eigenvalue weighted by molar-refractivity contribution is 0.343. The van der Waals surface area contributed by atoms with Crippen molar-refractivity contribution in [1.29, 1.82) is 5.26 Å². The Kier molecular flexibility index (Phi) is 7.54. The molecule has 1 atom stereocenters. The average molecular weight is 614 g/mol. The zero-order valence-corrected chi connectivity index (χ0v) is 23.7. The molecule has 15 heteroatoms. The van der Waals surface area contributed by atoms with E-state index in [1.165, 1.54) is 40.4 Å². The van der Waals surface area contributed by atoms with Gasteiger partial charge in [0.05, 0.1) is 21.6 Å². The molecule has 4 aromatic rings. The SMILES string of the molecule is N#Cc1c(NS(=O)(=O)N2CC[C@@H](F)C2)ccc(F)c1Oc1ccc2ncn(-c3ccc(N4CCNCC4)s3)c(=O)c2c1. The van der Waals surface area contributed by atoms with E-state index in [0.29, 0.717) is 10.5 Å². The minimum atomic E-state index is -4.20. The van der Waals surface area contributed by atoms with Gasteiger partial charge < -0.3 is 15.0 Å². The molecule has 0 bridgehead atoms. The van der Waals surface area contributed by atoms with Crippen molar-refractivity contribution < 1.29 is 21.9 Å². The second-order valence-corrected chi connectivity index (χ2v) is 12.5. The van der Waals surface area contributed by atoms with Crippen LogP contribution in [-0.4, -0.2) is 67.7 Å². The highest BCUT2D eigenvalue weighted by Gasteiger charge is 2.32. The summed E-state index contributed by atoms with van der Waals surface area (Å²) < 4.78 is 64.3. The van der Waals surface area contributed by atoms with Crippen LogP contribution in [0.2, 0.25) is 0 Å². The Morgan fingerprint density at radius 2 is 1.90 bits per heavy atom. The topological polar surface area (TPSA) is 133 Å². The normalized spacial score (nSPS) is 17.8. The van der Waals surface area contributed by atoms with Gasteiger partial charge >= 0.3 is 10.2 Å². The maximum absolute atomic E-state index is 14.9. The number of thiophene rings is 1. The second-order valence-electron chi connectivity index (χ2n) is 9.81. The molecular weight excluding hydrogens is 588 g/mol. The van der Waals surface area contributed by atoms with Crippen molar-refractivity contribution in [3.8, 4) is 22.6 Å². The van der Waals surface area contributed by atoms with Crippen molar-refractivity contribution in [1.82, 2.24) is 19.2 Å². The highest BCUT2D eigenvalue weighted by Crippen LogP contribution is 2.35. The van der Waals surface area contributed by atoms with Crippen LogP contribution in [0, 0.1) is 17.1 Å². The summed E-state index contributed by atoms with van der Waals surface area (Å²) >= 11 is 1.47. The van der Waals surface area contributed by atoms with Crippen LogP contribution in [0.15, 0.2) is 53.6 Å².